The maximum atomic E-state index is 12.5. The van der Waals surface area contributed by atoms with Crippen LogP contribution >= 0.6 is 0 Å². The highest BCUT2D eigenvalue weighted by molar-refractivity contribution is 6.61. The van der Waals surface area contributed by atoms with E-state index in [0.717, 1.165) is 0 Å². The van der Waals surface area contributed by atoms with Crippen molar-refractivity contribution in [3.63, 3.8) is 0 Å². The van der Waals surface area contributed by atoms with Crippen molar-refractivity contribution in [2.45, 2.75) is 51.7 Å². The van der Waals surface area contributed by atoms with Gasteiger partial charge >= 0.3 is 7.12 Å². The minimum atomic E-state index is -2.49. The molecule has 0 aliphatic carbocycles. The van der Waals surface area contributed by atoms with Gasteiger partial charge in [-0.1, -0.05) is 0 Å². The van der Waals surface area contributed by atoms with Gasteiger partial charge in [0.1, 0.15) is 0 Å². The second-order valence-corrected chi connectivity index (χ2v) is 5.96. The Bertz CT molecular complexity index is 493. The molecule has 1 aliphatic rings. The molecule has 0 saturated carbocycles. The summed E-state index contributed by atoms with van der Waals surface area (Å²) in [6.45, 7) is 7.68. The zero-order valence-electron chi connectivity index (χ0n) is 12.1. The number of nitrogen functional groups attached to an aromatic ring is 1. The Morgan fingerprint density at radius 3 is 2.25 bits per heavy atom. The highest BCUT2D eigenvalue weighted by atomic mass is 19.3. The van der Waals surface area contributed by atoms with E-state index >= 15 is 0 Å². The van der Waals surface area contributed by atoms with E-state index in [1.807, 2.05) is 27.7 Å². The van der Waals surface area contributed by atoms with Gasteiger partial charge in [-0.3, -0.25) is 4.98 Å². The Balaban J connectivity index is 2.27. The average molecular weight is 284 g/mol. The van der Waals surface area contributed by atoms with E-state index in [2.05, 4.69) is 4.98 Å². The first-order valence-electron chi connectivity index (χ1n) is 6.51. The highest BCUT2D eigenvalue weighted by Gasteiger charge is 2.52. The molecular formula is C13H19BF2N2O2. The summed E-state index contributed by atoms with van der Waals surface area (Å²) in [4.78, 5) is 4.17. The summed E-state index contributed by atoms with van der Waals surface area (Å²) in [7, 11) is -0.669. The predicted octanol–water partition coefficient (Wildman–Crippen LogP) is 1.77. The first-order chi connectivity index (χ1) is 9.12. The summed E-state index contributed by atoms with van der Waals surface area (Å²) >= 11 is 0. The average Bonchev–Trinajstić information content (AvgIpc) is 2.50. The molecule has 4 nitrogen and oxygen atoms in total. The molecule has 1 aromatic rings. The van der Waals surface area contributed by atoms with Crippen LogP contribution in [0.5, 0.6) is 0 Å². The molecular weight excluding hydrogens is 265 g/mol. The Labute approximate surface area is 117 Å². The van der Waals surface area contributed by atoms with Gasteiger partial charge in [-0.15, -0.1) is 0 Å². The molecule has 0 spiro atoms. The lowest BCUT2D eigenvalue weighted by Gasteiger charge is -2.32. The van der Waals surface area contributed by atoms with Crippen LogP contribution in [-0.4, -0.2) is 29.7 Å². The predicted molar refractivity (Wildman–Crippen MR) is 74.1 cm³/mol. The van der Waals surface area contributed by atoms with E-state index in [4.69, 9.17) is 15.0 Å². The summed E-state index contributed by atoms with van der Waals surface area (Å²) in [6.07, 6.45) is -2.96. The van der Waals surface area contributed by atoms with E-state index in [9.17, 15) is 8.78 Å². The number of nitrogens with zero attached hydrogens (tertiary/aromatic N) is 1. The van der Waals surface area contributed by atoms with Crippen LogP contribution in [0.4, 0.5) is 14.5 Å². The smallest absolute Gasteiger partial charge is 0.398 e. The van der Waals surface area contributed by atoms with Crippen LogP contribution in [0.2, 0.25) is 0 Å². The number of hydrogen-bond acceptors (Lipinski definition) is 4. The van der Waals surface area contributed by atoms with Crippen molar-refractivity contribution in [2.24, 2.45) is 0 Å². The molecule has 0 unspecified atom stereocenters. The molecule has 110 valence electrons. The Morgan fingerprint density at radius 2 is 1.75 bits per heavy atom. The molecule has 2 N–H and O–H groups in total. The van der Waals surface area contributed by atoms with Crippen molar-refractivity contribution in [1.82, 2.24) is 4.98 Å². The molecule has 1 fully saturated rings. The summed E-state index contributed by atoms with van der Waals surface area (Å²) in [5, 5.41) is 0. The van der Waals surface area contributed by atoms with Gasteiger partial charge in [0.25, 0.3) is 0 Å². The molecule has 0 radical (unpaired) electrons. The third-order valence-corrected chi connectivity index (χ3v) is 3.87. The van der Waals surface area contributed by atoms with Crippen molar-refractivity contribution in [1.29, 1.82) is 0 Å². The summed E-state index contributed by atoms with van der Waals surface area (Å²) < 4.78 is 36.7. The van der Waals surface area contributed by atoms with Gasteiger partial charge in [0, 0.05) is 0 Å². The first kappa shape index (κ1) is 15.2. The first-order valence-corrected chi connectivity index (χ1v) is 6.51. The van der Waals surface area contributed by atoms with Crippen molar-refractivity contribution < 1.29 is 18.1 Å². The number of aromatic nitrogens is 1. The topological polar surface area (TPSA) is 57.4 Å². The van der Waals surface area contributed by atoms with Gasteiger partial charge < -0.3 is 15.0 Å². The number of anilines is 1. The lowest BCUT2D eigenvalue weighted by Crippen LogP contribution is -2.41. The Kier molecular flexibility index (Phi) is 3.77. The minimum Gasteiger partial charge on any atom is -0.398 e. The molecule has 2 heterocycles. The normalized spacial score (nSPS) is 20.6. The summed E-state index contributed by atoms with van der Waals surface area (Å²) in [5.74, 6) is 0. The van der Waals surface area contributed by atoms with Crippen LogP contribution in [0.15, 0.2) is 12.1 Å². The molecule has 20 heavy (non-hydrogen) atoms. The van der Waals surface area contributed by atoms with Crippen LogP contribution in [0, 0.1) is 0 Å². The van der Waals surface area contributed by atoms with Gasteiger partial charge in [0.15, 0.2) is 0 Å². The van der Waals surface area contributed by atoms with E-state index in [0.29, 0.717) is 5.59 Å². The van der Waals surface area contributed by atoms with Crippen LogP contribution < -0.4 is 11.3 Å². The molecule has 7 heteroatoms. The van der Waals surface area contributed by atoms with Crippen molar-refractivity contribution in [2.75, 3.05) is 5.73 Å². The fraction of sp³-hybridized carbons (Fsp3) is 0.615. The monoisotopic (exact) mass is 284 g/mol. The summed E-state index contributed by atoms with van der Waals surface area (Å²) in [6, 6.07) is 3.21. The molecule has 1 aliphatic heterocycles. The standard InChI is InChI=1S/C13H19BF2N2O2/c1-12(2)13(3,4)20-14(19-12)10-6-5-8(17)9(18-10)7-11(15)16/h5-6,11H,7,17H2,1-4H3. The minimum absolute atomic E-state index is 0.173. The molecule has 0 amide bonds. The number of rotatable bonds is 3. The van der Waals surface area contributed by atoms with Gasteiger partial charge in [-0.2, -0.15) is 0 Å². The van der Waals surface area contributed by atoms with Gasteiger partial charge in [0.2, 0.25) is 6.43 Å². The third kappa shape index (κ3) is 2.78. The molecule has 0 atom stereocenters. The van der Waals surface area contributed by atoms with Crippen molar-refractivity contribution >= 4 is 18.4 Å². The fourth-order valence-electron chi connectivity index (χ4n) is 1.93. The molecule has 1 saturated heterocycles. The highest BCUT2D eigenvalue weighted by Crippen LogP contribution is 2.36. The second-order valence-electron chi connectivity index (χ2n) is 5.96. The molecule has 0 aromatic carbocycles. The number of hydrogen-bond donors (Lipinski definition) is 1. The zero-order chi connectivity index (χ0) is 15.1. The van der Waals surface area contributed by atoms with E-state index in [-0.39, 0.29) is 11.4 Å². The number of nitrogens with two attached hydrogens (primary N) is 1. The van der Waals surface area contributed by atoms with Crippen LogP contribution in [0.3, 0.4) is 0 Å². The van der Waals surface area contributed by atoms with Gasteiger partial charge in [0.05, 0.1) is 34.6 Å². The largest absolute Gasteiger partial charge is 0.514 e. The number of pyridine rings is 1. The lowest BCUT2D eigenvalue weighted by atomic mass is 9.84. The third-order valence-electron chi connectivity index (χ3n) is 3.87. The molecule has 1 aromatic heterocycles. The van der Waals surface area contributed by atoms with Crippen molar-refractivity contribution in [3.8, 4) is 0 Å². The summed E-state index contributed by atoms with van der Waals surface area (Å²) in [5.41, 5.74) is 5.57. The lowest BCUT2D eigenvalue weighted by molar-refractivity contribution is 0.00578. The fourth-order valence-corrected chi connectivity index (χ4v) is 1.93. The van der Waals surface area contributed by atoms with Crippen LogP contribution in [-0.2, 0) is 15.7 Å². The zero-order valence-corrected chi connectivity index (χ0v) is 12.1. The number of alkyl halides is 2. The maximum Gasteiger partial charge on any atom is 0.514 e. The second kappa shape index (κ2) is 4.97. The SMILES string of the molecule is CC1(C)OB(c2ccc(N)c(CC(F)F)n2)OC1(C)C. The van der Waals surface area contributed by atoms with Gasteiger partial charge in [-0.25, -0.2) is 8.78 Å². The Hall–Kier alpha value is -1.21. The van der Waals surface area contributed by atoms with Crippen molar-refractivity contribution in [3.05, 3.63) is 17.8 Å². The quantitative estimate of drug-likeness (QED) is 0.859. The van der Waals surface area contributed by atoms with E-state index in [1.54, 1.807) is 12.1 Å². The molecule has 2 rings (SSSR count). The Morgan fingerprint density at radius 1 is 1.20 bits per heavy atom. The number of halogens is 2. The van der Waals surface area contributed by atoms with E-state index in [1.165, 1.54) is 0 Å². The maximum absolute atomic E-state index is 12.5. The van der Waals surface area contributed by atoms with Gasteiger partial charge in [-0.05, 0) is 39.8 Å². The van der Waals surface area contributed by atoms with E-state index < -0.39 is 31.2 Å². The molecule has 0 bridgehead atoms. The van der Waals surface area contributed by atoms with Crippen LogP contribution in [0.25, 0.3) is 0 Å². The van der Waals surface area contributed by atoms with Crippen LogP contribution in [0.1, 0.15) is 33.4 Å².